The van der Waals surface area contributed by atoms with Gasteiger partial charge in [0.15, 0.2) is 0 Å². The predicted molar refractivity (Wildman–Crippen MR) is 74.1 cm³/mol. The number of nitro groups is 1. The van der Waals surface area contributed by atoms with E-state index in [-0.39, 0.29) is 0 Å². The smallest absolute Gasteiger partial charge is 0.369 e. The molecule has 0 aliphatic rings. The van der Waals surface area contributed by atoms with E-state index in [1.807, 2.05) is 0 Å². The largest absolute Gasteiger partial charge is 0.534 e. The minimum absolute atomic E-state index is 0.328. The van der Waals surface area contributed by atoms with Gasteiger partial charge in [-0.25, -0.2) is 0 Å². The van der Waals surface area contributed by atoms with E-state index < -0.39 is 32.0 Å². The Hall–Kier alpha value is -2.62. The van der Waals surface area contributed by atoms with E-state index in [0.717, 1.165) is 12.1 Å². The van der Waals surface area contributed by atoms with E-state index in [1.54, 1.807) is 30.3 Å². The lowest BCUT2D eigenvalue weighted by atomic mass is 10.1. The fourth-order valence-electron chi connectivity index (χ4n) is 1.71. The van der Waals surface area contributed by atoms with Crippen molar-refractivity contribution < 1.29 is 30.7 Å². The SMILES string of the molecule is O=[N+]([O-])c1cc(-c2ccccc2)ccc1OS(=O)(=O)C(F)(F)F. The Morgan fingerprint density at radius 3 is 2.13 bits per heavy atom. The van der Waals surface area contributed by atoms with Crippen LogP contribution in [0.2, 0.25) is 0 Å². The van der Waals surface area contributed by atoms with Crippen LogP contribution in [0.3, 0.4) is 0 Å². The highest BCUT2D eigenvalue weighted by molar-refractivity contribution is 7.88. The summed E-state index contributed by atoms with van der Waals surface area (Å²) in [4.78, 5) is 9.97. The number of hydrogen-bond acceptors (Lipinski definition) is 5. The van der Waals surface area contributed by atoms with E-state index in [1.165, 1.54) is 6.07 Å². The first-order valence-corrected chi connectivity index (χ1v) is 7.37. The first-order valence-electron chi connectivity index (χ1n) is 5.96. The van der Waals surface area contributed by atoms with Gasteiger partial charge < -0.3 is 4.18 Å². The summed E-state index contributed by atoms with van der Waals surface area (Å²) in [6, 6.07) is 11.3. The van der Waals surface area contributed by atoms with Crippen LogP contribution in [0.15, 0.2) is 48.5 Å². The second-order valence-corrected chi connectivity index (χ2v) is 5.83. The summed E-state index contributed by atoms with van der Waals surface area (Å²) in [7, 11) is -5.99. The fraction of sp³-hybridized carbons (Fsp3) is 0.0769. The highest BCUT2D eigenvalue weighted by atomic mass is 32.2. The zero-order valence-corrected chi connectivity index (χ0v) is 12.0. The van der Waals surface area contributed by atoms with Gasteiger partial charge in [0.1, 0.15) is 0 Å². The average Bonchev–Trinajstić information content (AvgIpc) is 2.46. The third-order valence-corrected chi connectivity index (χ3v) is 3.71. The average molecular weight is 347 g/mol. The van der Waals surface area contributed by atoms with Crippen molar-refractivity contribution in [1.82, 2.24) is 0 Å². The van der Waals surface area contributed by atoms with Crippen LogP contribution >= 0.6 is 0 Å². The number of nitrogens with zero attached hydrogens (tertiary/aromatic N) is 1. The summed E-state index contributed by atoms with van der Waals surface area (Å²) in [6.07, 6.45) is 0. The minimum atomic E-state index is -5.99. The number of nitro benzene ring substituents is 1. The van der Waals surface area contributed by atoms with Crippen molar-refractivity contribution in [2.75, 3.05) is 0 Å². The van der Waals surface area contributed by atoms with Crippen LogP contribution in [-0.2, 0) is 10.1 Å². The van der Waals surface area contributed by atoms with Crippen LogP contribution in [0, 0.1) is 10.1 Å². The van der Waals surface area contributed by atoms with Gasteiger partial charge in [-0.2, -0.15) is 21.6 Å². The molecule has 0 saturated carbocycles. The summed E-state index contributed by atoms with van der Waals surface area (Å²) < 4.78 is 62.8. The van der Waals surface area contributed by atoms with Gasteiger partial charge in [-0.3, -0.25) is 10.1 Å². The lowest BCUT2D eigenvalue weighted by molar-refractivity contribution is -0.385. The van der Waals surface area contributed by atoms with Crippen molar-refractivity contribution in [3.8, 4) is 16.9 Å². The van der Waals surface area contributed by atoms with Gasteiger partial charge in [0.05, 0.1) is 4.92 Å². The van der Waals surface area contributed by atoms with Crippen molar-refractivity contribution in [2.45, 2.75) is 5.51 Å². The van der Waals surface area contributed by atoms with E-state index in [0.29, 0.717) is 11.1 Å². The minimum Gasteiger partial charge on any atom is -0.369 e. The van der Waals surface area contributed by atoms with E-state index in [4.69, 9.17) is 0 Å². The quantitative estimate of drug-likeness (QED) is 0.366. The molecule has 2 rings (SSSR count). The molecule has 6 nitrogen and oxygen atoms in total. The predicted octanol–water partition coefficient (Wildman–Crippen LogP) is 3.49. The molecule has 10 heteroatoms. The Balaban J connectivity index is 2.49. The van der Waals surface area contributed by atoms with E-state index in [2.05, 4.69) is 4.18 Å². The molecule has 0 bridgehead atoms. The molecular formula is C13H8F3NO5S. The van der Waals surface area contributed by atoms with Crippen LogP contribution in [0.4, 0.5) is 18.9 Å². The molecule has 2 aromatic carbocycles. The molecule has 0 aliphatic heterocycles. The summed E-state index contributed by atoms with van der Waals surface area (Å²) in [5.74, 6) is -1.01. The van der Waals surface area contributed by atoms with Gasteiger partial charge >= 0.3 is 21.3 Å². The number of rotatable bonds is 4. The lowest BCUT2D eigenvalue weighted by Gasteiger charge is -2.10. The first-order chi connectivity index (χ1) is 10.6. The third-order valence-electron chi connectivity index (χ3n) is 2.75. The molecule has 0 atom stereocenters. The number of hydrogen-bond donors (Lipinski definition) is 0. The fourth-order valence-corrected chi connectivity index (χ4v) is 2.18. The Kier molecular flexibility index (Phi) is 4.28. The van der Waals surface area contributed by atoms with E-state index >= 15 is 0 Å². The Bertz CT molecular complexity index is 834. The molecule has 0 unspecified atom stereocenters. The van der Waals surface area contributed by atoms with Crippen molar-refractivity contribution >= 4 is 15.8 Å². The van der Waals surface area contributed by atoms with Crippen molar-refractivity contribution in [1.29, 1.82) is 0 Å². The highest BCUT2D eigenvalue weighted by Crippen LogP contribution is 2.35. The van der Waals surface area contributed by atoms with Crippen LogP contribution in [0.25, 0.3) is 11.1 Å². The normalized spacial score (nSPS) is 12.0. The molecule has 0 radical (unpaired) electrons. The van der Waals surface area contributed by atoms with Crippen molar-refractivity contribution in [3.63, 3.8) is 0 Å². The van der Waals surface area contributed by atoms with Gasteiger partial charge in [0, 0.05) is 6.07 Å². The molecule has 122 valence electrons. The standard InChI is InChI=1S/C13H8F3NO5S/c14-13(15,16)23(20,21)22-12-7-6-10(8-11(12)17(18)19)9-4-2-1-3-5-9/h1-8H. The second kappa shape index (κ2) is 5.88. The molecule has 2 aromatic rings. The summed E-state index contributed by atoms with van der Waals surface area (Å²) >= 11 is 0. The molecule has 23 heavy (non-hydrogen) atoms. The molecule has 0 heterocycles. The molecule has 0 saturated heterocycles. The molecule has 0 spiro atoms. The lowest BCUT2D eigenvalue weighted by Crippen LogP contribution is -2.28. The molecule has 0 fully saturated rings. The molecule has 0 amide bonds. The number of alkyl halides is 3. The van der Waals surface area contributed by atoms with Crippen LogP contribution in [0.1, 0.15) is 0 Å². The molecular weight excluding hydrogens is 339 g/mol. The highest BCUT2D eigenvalue weighted by Gasteiger charge is 2.49. The third kappa shape index (κ3) is 3.59. The Morgan fingerprint density at radius 2 is 1.61 bits per heavy atom. The molecule has 0 N–H and O–H groups in total. The second-order valence-electron chi connectivity index (χ2n) is 4.29. The van der Waals surface area contributed by atoms with Crippen LogP contribution < -0.4 is 4.18 Å². The van der Waals surface area contributed by atoms with Gasteiger partial charge in [0.25, 0.3) is 0 Å². The van der Waals surface area contributed by atoms with Crippen LogP contribution in [0.5, 0.6) is 5.75 Å². The maximum absolute atomic E-state index is 12.3. The van der Waals surface area contributed by atoms with Gasteiger partial charge in [0.2, 0.25) is 5.75 Å². The first kappa shape index (κ1) is 16.7. The zero-order chi connectivity index (χ0) is 17.3. The summed E-state index contributed by atoms with van der Waals surface area (Å²) in [5.41, 5.74) is -5.67. The topological polar surface area (TPSA) is 86.5 Å². The maximum Gasteiger partial charge on any atom is 0.534 e. The maximum atomic E-state index is 12.3. The van der Waals surface area contributed by atoms with Gasteiger partial charge in [-0.15, -0.1) is 0 Å². The van der Waals surface area contributed by atoms with Crippen molar-refractivity contribution in [3.05, 3.63) is 58.6 Å². The van der Waals surface area contributed by atoms with Crippen molar-refractivity contribution in [2.24, 2.45) is 0 Å². The summed E-state index contributed by atoms with van der Waals surface area (Å²) in [5, 5.41) is 11.0. The number of halogens is 3. The van der Waals surface area contributed by atoms with Gasteiger partial charge in [-0.05, 0) is 17.2 Å². The zero-order valence-electron chi connectivity index (χ0n) is 11.1. The van der Waals surface area contributed by atoms with Crippen LogP contribution in [-0.4, -0.2) is 18.8 Å². The summed E-state index contributed by atoms with van der Waals surface area (Å²) in [6.45, 7) is 0. The molecule has 0 aromatic heterocycles. The van der Waals surface area contributed by atoms with Gasteiger partial charge in [-0.1, -0.05) is 36.4 Å². The number of benzene rings is 2. The Morgan fingerprint density at radius 1 is 1.00 bits per heavy atom. The monoisotopic (exact) mass is 347 g/mol. The Labute approximate surface area is 128 Å². The van der Waals surface area contributed by atoms with E-state index in [9.17, 15) is 31.7 Å². The molecule has 0 aliphatic carbocycles.